The fourth-order valence-corrected chi connectivity index (χ4v) is 4.54. The number of carbonyl (C=O) groups excluding carboxylic acids is 1. The van der Waals surface area contributed by atoms with Crippen LogP contribution in [-0.2, 0) is 4.79 Å². The summed E-state index contributed by atoms with van der Waals surface area (Å²) in [6.07, 6.45) is 17.2. The van der Waals surface area contributed by atoms with Crippen molar-refractivity contribution in [1.82, 2.24) is 9.88 Å². The number of fused-ring (bicyclic) bond motifs is 1. The van der Waals surface area contributed by atoms with Crippen molar-refractivity contribution in [2.24, 2.45) is 0 Å². The molecule has 1 aliphatic rings. The van der Waals surface area contributed by atoms with Crippen molar-refractivity contribution < 1.29 is 9.21 Å². The van der Waals surface area contributed by atoms with Crippen LogP contribution in [0.1, 0.15) is 109 Å². The molecule has 1 amide bonds. The van der Waals surface area contributed by atoms with Crippen LogP contribution in [0, 0.1) is 0 Å². The second kappa shape index (κ2) is 12.8. The van der Waals surface area contributed by atoms with E-state index < -0.39 is 0 Å². The molecule has 1 aromatic heterocycles. The van der Waals surface area contributed by atoms with Crippen LogP contribution in [0.5, 0.6) is 0 Å². The number of piperidine rings is 1. The van der Waals surface area contributed by atoms with Gasteiger partial charge >= 0.3 is 0 Å². The maximum atomic E-state index is 12.5. The Hall–Kier alpha value is -1.84. The highest BCUT2D eigenvalue weighted by atomic mass is 16.3. The third-order valence-electron chi connectivity index (χ3n) is 6.50. The Morgan fingerprint density at radius 2 is 1.53 bits per heavy atom. The van der Waals surface area contributed by atoms with Gasteiger partial charge < -0.3 is 9.32 Å². The molecule has 4 nitrogen and oxygen atoms in total. The second-order valence-electron chi connectivity index (χ2n) is 8.96. The van der Waals surface area contributed by atoms with E-state index >= 15 is 0 Å². The molecule has 0 bridgehead atoms. The molecule has 30 heavy (non-hydrogen) atoms. The van der Waals surface area contributed by atoms with Gasteiger partial charge in [-0.2, -0.15) is 0 Å². The summed E-state index contributed by atoms with van der Waals surface area (Å²) in [4.78, 5) is 19.2. The largest absolute Gasteiger partial charge is 0.440 e. The van der Waals surface area contributed by atoms with E-state index in [2.05, 4.69) is 16.8 Å². The van der Waals surface area contributed by atoms with E-state index in [1.54, 1.807) is 0 Å². The second-order valence-corrected chi connectivity index (χ2v) is 8.96. The molecule has 2 aromatic rings. The Morgan fingerprint density at radius 1 is 0.933 bits per heavy atom. The molecular formula is C26H40N2O2. The van der Waals surface area contributed by atoms with Gasteiger partial charge in [-0.25, -0.2) is 4.98 Å². The first kappa shape index (κ1) is 22.8. The Bertz CT molecular complexity index is 713. The lowest BCUT2D eigenvalue weighted by Gasteiger charge is -2.30. The molecule has 2 heterocycles. The van der Waals surface area contributed by atoms with Crippen LogP contribution >= 0.6 is 0 Å². The van der Waals surface area contributed by atoms with Gasteiger partial charge in [0.1, 0.15) is 5.52 Å². The average molecular weight is 413 g/mol. The molecule has 166 valence electrons. The zero-order valence-electron chi connectivity index (χ0n) is 18.9. The number of aromatic nitrogens is 1. The molecule has 0 spiro atoms. The highest BCUT2D eigenvalue weighted by Gasteiger charge is 2.26. The lowest BCUT2D eigenvalue weighted by Crippen LogP contribution is -2.37. The minimum absolute atomic E-state index is 0.335. The fourth-order valence-electron chi connectivity index (χ4n) is 4.54. The standard InChI is InChI=1S/C26H40N2O2/c1-2-3-4-5-6-7-8-9-10-11-12-17-25(29)28-20-18-22(19-21-28)26-27-23-15-13-14-16-24(23)30-26/h13-16,22H,2-12,17-21H2,1H3. The highest BCUT2D eigenvalue weighted by molar-refractivity contribution is 5.76. The van der Waals surface area contributed by atoms with E-state index in [4.69, 9.17) is 4.42 Å². The molecule has 3 rings (SSSR count). The Balaban J connectivity index is 1.23. The van der Waals surface area contributed by atoms with E-state index in [1.807, 2.05) is 24.3 Å². The van der Waals surface area contributed by atoms with Gasteiger partial charge in [0, 0.05) is 25.4 Å². The van der Waals surface area contributed by atoms with Crippen molar-refractivity contribution in [2.45, 2.75) is 103 Å². The summed E-state index contributed by atoms with van der Waals surface area (Å²) in [7, 11) is 0. The highest BCUT2D eigenvalue weighted by Crippen LogP contribution is 2.30. The van der Waals surface area contributed by atoms with Crippen LogP contribution in [0.4, 0.5) is 0 Å². The van der Waals surface area contributed by atoms with Gasteiger partial charge in [0.05, 0.1) is 0 Å². The third-order valence-corrected chi connectivity index (χ3v) is 6.50. The number of oxazole rings is 1. The van der Waals surface area contributed by atoms with Crippen molar-refractivity contribution in [3.05, 3.63) is 30.2 Å². The Labute approximate surface area is 182 Å². The van der Waals surface area contributed by atoms with E-state index in [1.165, 1.54) is 64.2 Å². The number of carbonyl (C=O) groups is 1. The van der Waals surface area contributed by atoms with Crippen molar-refractivity contribution in [1.29, 1.82) is 0 Å². The van der Waals surface area contributed by atoms with Crippen molar-refractivity contribution in [2.75, 3.05) is 13.1 Å². The van der Waals surface area contributed by atoms with Crippen LogP contribution in [-0.4, -0.2) is 28.9 Å². The molecule has 0 aliphatic carbocycles. The number of benzene rings is 1. The molecular weight excluding hydrogens is 372 g/mol. The first-order chi connectivity index (χ1) is 14.8. The van der Waals surface area contributed by atoms with Crippen LogP contribution in [0.15, 0.2) is 28.7 Å². The SMILES string of the molecule is CCCCCCCCCCCCCC(=O)N1CCC(c2nc3ccccc3o2)CC1. The predicted molar refractivity (Wildman–Crippen MR) is 124 cm³/mol. The summed E-state index contributed by atoms with van der Waals surface area (Å²) in [5.41, 5.74) is 1.80. The molecule has 1 aromatic carbocycles. The molecule has 1 saturated heterocycles. The predicted octanol–water partition coefficient (Wildman–Crippen LogP) is 7.23. The first-order valence-electron chi connectivity index (χ1n) is 12.4. The zero-order chi connectivity index (χ0) is 21.0. The lowest BCUT2D eigenvalue weighted by molar-refractivity contribution is -0.132. The van der Waals surface area contributed by atoms with Gasteiger partial charge in [0.15, 0.2) is 11.5 Å². The quantitative estimate of drug-likeness (QED) is 0.326. The maximum Gasteiger partial charge on any atom is 0.222 e. The van der Waals surface area contributed by atoms with Gasteiger partial charge in [-0.15, -0.1) is 0 Å². The summed E-state index contributed by atoms with van der Waals surface area (Å²) >= 11 is 0. The topological polar surface area (TPSA) is 46.3 Å². The summed E-state index contributed by atoms with van der Waals surface area (Å²) in [6.45, 7) is 3.94. The monoisotopic (exact) mass is 412 g/mol. The molecule has 0 saturated carbocycles. The molecule has 0 atom stereocenters. The summed E-state index contributed by atoms with van der Waals surface area (Å²) in [5, 5.41) is 0. The van der Waals surface area contributed by atoms with Gasteiger partial charge in [-0.05, 0) is 31.4 Å². The molecule has 4 heteroatoms. The molecule has 1 aliphatic heterocycles. The fraction of sp³-hybridized carbons (Fsp3) is 0.692. The van der Waals surface area contributed by atoms with Gasteiger partial charge in [-0.1, -0.05) is 83.3 Å². The third kappa shape index (κ3) is 7.14. The van der Waals surface area contributed by atoms with Crippen molar-refractivity contribution in [3.63, 3.8) is 0 Å². The van der Waals surface area contributed by atoms with Crippen LogP contribution in [0.25, 0.3) is 11.1 Å². The first-order valence-corrected chi connectivity index (χ1v) is 12.4. The number of likely N-dealkylation sites (tertiary alicyclic amines) is 1. The van der Waals surface area contributed by atoms with E-state index in [0.29, 0.717) is 18.2 Å². The smallest absolute Gasteiger partial charge is 0.222 e. The molecule has 1 fully saturated rings. The number of unbranched alkanes of at least 4 members (excludes halogenated alkanes) is 10. The van der Waals surface area contributed by atoms with Crippen LogP contribution in [0.3, 0.4) is 0 Å². The summed E-state index contributed by atoms with van der Waals surface area (Å²) < 4.78 is 5.93. The lowest BCUT2D eigenvalue weighted by atomic mass is 9.96. The van der Waals surface area contributed by atoms with E-state index in [-0.39, 0.29) is 0 Å². The van der Waals surface area contributed by atoms with E-state index in [0.717, 1.165) is 49.3 Å². The van der Waals surface area contributed by atoms with Gasteiger partial charge in [0.25, 0.3) is 0 Å². The average Bonchev–Trinajstić information content (AvgIpc) is 3.22. The molecule has 0 unspecified atom stereocenters. The van der Waals surface area contributed by atoms with Gasteiger partial charge in [-0.3, -0.25) is 4.79 Å². The van der Waals surface area contributed by atoms with Gasteiger partial charge in [0.2, 0.25) is 5.91 Å². The zero-order valence-corrected chi connectivity index (χ0v) is 18.9. The van der Waals surface area contributed by atoms with Crippen LogP contribution in [0.2, 0.25) is 0 Å². The normalized spacial score (nSPS) is 15.2. The summed E-state index contributed by atoms with van der Waals surface area (Å²) in [5.74, 6) is 1.51. The van der Waals surface area contributed by atoms with E-state index in [9.17, 15) is 4.79 Å². The number of hydrogen-bond acceptors (Lipinski definition) is 3. The molecule has 0 radical (unpaired) electrons. The Morgan fingerprint density at radius 3 is 2.17 bits per heavy atom. The number of hydrogen-bond donors (Lipinski definition) is 0. The number of nitrogens with zero attached hydrogens (tertiary/aromatic N) is 2. The van der Waals surface area contributed by atoms with Crippen molar-refractivity contribution >= 4 is 17.0 Å². The van der Waals surface area contributed by atoms with Crippen LogP contribution < -0.4 is 0 Å². The minimum Gasteiger partial charge on any atom is -0.440 e. The van der Waals surface area contributed by atoms with Crippen molar-refractivity contribution in [3.8, 4) is 0 Å². The minimum atomic E-state index is 0.335. The number of para-hydroxylation sites is 2. The maximum absolute atomic E-state index is 12.5. The summed E-state index contributed by atoms with van der Waals surface area (Å²) in [6, 6.07) is 7.93. The number of amides is 1. The molecule has 0 N–H and O–H groups in total. The number of rotatable bonds is 13. The Kier molecular flexibility index (Phi) is 9.72.